The lowest BCUT2D eigenvalue weighted by Gasteiger charge is -2.09. The zero-order valence-corrected chi connectivity index (χ0v) is 12.1. The van der Waals surface area contributed by atoms with E-state index in [2.05, 4.69) is 70.5 Å². The molecule has 92 valence electrons. The van der Waals surface area contributed by atoms with E-state index in [0.717, 1.165) is 4.47 Å². The Kier molecular flexibility index (Phi) is 2.49. The molecule has 1 aliphatic carbocycles. The third-order valence-corrected chi connectivity index (χ3v) is 4.56. The number of aryl methyl sites for hydroxylation is 2. The number of hydrogen-bond donors (Lipinski definition) is 0. The van der Waals surface area contributed by atoms with Crippen LogP contribution in [0.1, 0.15) is 11.1 Å². The van der Waals surface area contributed by atoms with Gasteiger partial charge in [-0.1, -0.05) is 58.4 Å². The zero-order valence-electron chi connectivity index (χ0n) is 10.5. The minimum atomic E-state index is 1.13. The molecule has 0 unspecified atom stereocenters. The van der Waals surface area contributed by atoms with Crippen LogP contribution in [0.3, 0.4) is 0 Å². The van der Waals surface area contributed by atoms with Crippen molar-refractivity contribution >= 4 is 26.7 Å². The summed E-state index contributed by atoms with van der Waals surface area (Å²) in [7, 11) is 0. The van der Waals surface area contributed by atoms with Crippen molar-refractivity contribution in [1.29, 1.82) is 0 Å². The second-order valence-electron chi connectivity index (χ2n) is 5.12. The fraction of sp³-hybridized carbons (Fsp3) is 0.111. The normalized spacial score (nSPS) is 13.1. The summed E-state index contributed by atoms with van der Waals surface area (Å²) in [6, 6.07) is 19.9. The largest absolute Gasteiger partial charge is 0.0613 e. The van der Waals surface area contributed by atoms with Gasteiger partial charge in [0.25, 0.3) is 0 Å². The van der Waals surface area contributed by atoms with Gasteiger partial charge in [-0.2, -0.15) is 0 Å². The first-order valence-electron chi connectivity index (χ1n) is 6.62. The first kappa shape index (κ1) is 11.2. The van der Waals surface area contributed by atoms with Crippen molar-refractivity contribution in [3.05, 3.63) is 70.2 Å². The van der Waals surface area contributed by atoms with Gasteiger partial charge in [0.1, 0.15) is 0 Å². The maximum Gasteiger partial charge on any atom is 0.0175 e. The summed E-state index contributed by atoms with van der Waals surface area (Å²) >= 11 is 3.50. The maximum absolute atomic E-state index is 3.50. The molecule has 0 spiro atoms. The molecule has 4 rings (SSSR count). The minimum absolute atomic E-state index is 1.13. The van der Waals surface area contributed by atoms with Crippen LogP contribution in [0.2, 0.25) is 0 Å². The van der Waals surface area contributed by atoms with E-state index in [1.54, 1.807) is 0 Å². The van der Waals surface area contributed by atoms with Gasteiger partial charge in [-0.05, 0) is 58.0 Å². The molecule has 1 heteroatoms. The molecule has 3 aromatic rings. The Hall–Kier alpha value is -1.60. The molecule has 0 heterocycles. The standard InChI is InChI=1S/C18H13Br/c19-15-9-6-12(7-10-15)16-11-8-14-5-4-13-2-1-3-17(16)18(13)14/h1-3,6-11H,4-5H2. The van der Waals surface area contributed by atoms with Crippen LogP contribution in [-0.2, 0) is 12.8 Å². The SMILES string of the molecule is Brc1ccc(-c2ccc3c4c(cccc24)CC3)cc1. The third-order valence-electron chi connectivity index (χ3n) is 4.03. The molecular weight excluding hydrogens is 296 g/mol. The van der Waals surface area contributed by atoms with Crippen molar-refractivity contribution in [2.75, 3.05) is 0 Å². The number of benzene rings is 3. The molecule has 0 amide bonds. The molecule has 0 bridgehead atoms. The van der Waals surface area contributed by atoms with Crippen molar-refractivity contribution in [1.82, 2.24) is 0 Å². The van der Waals surface area contributed by atoms with E-state index in [4.69, 9.17) is 0 Å². The summed E-state index contributed by atoms with van der Waals surface area (Å²) in [5, 5.41) is 2.89. The lowest BCUT2D eigenvalue weighted by molar-refractivity contribution is 1.02. The molecule has 0 radical (unpaired) electrons. The summed E-state index contributed by atoms with van der Waals surface area (Å²) in [5.41, 5.74) is 5.65. The number of halogens is 1. The van der Waals surface area contributed by atoms with Crippen molar-refractivity contribution in [2.24, 2.45) is 0 Å². The second-order valence-corrected chi connectivity index (χ2v) is 6.03. The van der Waals surface area contributed by atoms with E-state index in [-0.39, 0.29) is 0 Å². The molecule has 0 saturated heterocycles. The highest BCUT2D eigenvalue weighted by Crippen LogP contribution is 2.37. The molecule has 0 atom stereocenters. The molecule has 0 fully saturated rings. The van der Waals surface area contributed by atoms with E-state index in [9.17, 15) is 0 Å². The van der Waals surface area contributed by atoms with Crippen LogP contribution < -0.4 is 0 Å². The molecular formula is C18H13Br. The lowest BCUT2D eigenvalue weighted by atomic mass is 9.95. The highest BCUT2D eigenvalue weighted by atomic mass is 79.9. The van der Waals surface area contributed by atoms with Gasteiger partial charge in [-0.3, -0.25) is 0 Å². The Balaban J connectivity index is 2.04. The molecule has 0 aliphatic heterocycles. The predicted molar refractivity (Wildman–Crippen MR) is 84.5 cm³/mol. The van der Waals surface area contributed by atoms with Crippen LogP contribution in [0, 0.1) is 0 Å². The number of rotatable bonds is 1. The fourth-order valence-corrected chi connectivity index (χ4v) is 3.39. The average Bonchev–Trinajstić information content (AvgIpc) is 2.86. The van der Waals surface area contributed by atoms with Crippen LogP contribution in [0.25, 0.3) is 21.9 Å². The van der Waals surface area contributed by atoms with Gasteiger partial charge in [-0.15, -0.1) is 0 Å². The Morgan fingerprint density at radius 3 is 2.26 bits per heavy atom. The van der Waals surface area contributed by atoms with Crippen molar-refractivity contribution in [3.63, 3.8) is 0 Å². The van der Waals surface area contributed by atoms with Crippen LogP contribution in [0.5, 0.6) is 0 Å². The summed E-state index contributed by atoms with van der Waals surface area (Å²) in [4.78, 5) is 0. The average molecular weight is 309 g/mol. The smallest absolute Gasteiger partial charge is 0.0175 e. The summed E-state index contributed by atoms with van der Waals surface area (Å²) in [6.45, 7) is 0. The molecule has 0 N–H and O–H groups in total. The summed E-state index contributed by atoms with van der Waals surface area (Å²) < 4.78 is 1.13. The Morgan fingerprint density at radius 2 is 1.47 bits per heavy atom. The fourth-order valence-electron chi connectivity index (χ4n) is 3.13. The van der Waals surface area contributed by atoms with E-state index in [1.165, 1.54) is 45.9 Å². The molecule has 0 aromatic heterocycles. The predicted octanol–water partition coefficient (Wildman–Crippen LogP) is 5.37. The maximum atomic E-state index is 3.50. The number of hydrogen-bond acceptors (Lipinski definition) is 0. The van der Waals surface area contributed by atoms with Gasteiger partial charge in [0.05, 0.1) is 0 Å². The molecule has 3 aromatic carbocycles. The van der Waals surface area contributed by atoms with E-state index >= 15 is 0 Å². The van der Waals surface area contributed by atoms with Gasteiger partial charge in [-0.25, -0.2) is 0 Å². The van der Waals surface area contributed by atoms with Gasteiger partial charge in [0, 0.05) is 4.47 Å². The van der Waals surface area contributed by atoms with Crippen LogP contribution >= 0.6 is 15.9 Å². The summed E-state index contributed by atoms with van der Waals surface area (Å²) in [5.74, 6) is 0. The van der Waals surface area contributed by atoms with E-state index in [1.807, 2.05) is 0 Å². The van der Waals surface area contributed by atoms with Crippen LogP contribution in [0.4, 0.5) is 0 Å². The van der Waals surface area contributed by atoms with Gasteiger partial charge >= 0.3 is 0 Å². The van der Waals surface area contributed by atoms with Crippen molar-refractivity contribution in [3.8, 4) is 11.1 Å². The van der Waals surface area contributed by atoms with Gasteiger partial charge in [0.15, 0.2) is 0 Å². The van der Waals surface area contributed by atoms with E-state index in [0.29, 0.717) is 0 Å². The van der Waals surface area contributed by atoms with Crippen molar-refractivity contribution in [2.45, 2.75) is 12.8 Å². The Morgan fingerprint density at radius 1 is 0.737 bits per heavy atom. The first-order valence-corrected chi connectivity index (χ1v) is 7.42. The molecule has 0 saturated carbocycles. The molecule has 19 heavy (non-hydrogen) atoms. The van der Waals surface area contributed by atoms with Crippen LogP contribution in [0.15, 0.2) is 59.1 Å². The van der Waals surface area contributed by atoms with Gasteiger partial charge in [0.2, 0.25) is 0 Å². The van der Waals surface area contributed by atoms with E-state index < -0.39 is 0 Å². The van der Waals surface area contributed by atoms with Gasteiger partial charge < -0.3 is 0 Å². The first-order chi connectivity index (χ1) is 9.33. The van der Waals surface area contributed by atoms with Crippen molar-refractivity contribution < 1.29 is 0 Å². The third kappa shape index (κ3) is 1.73. The Labute approximate surface area is 121 Å². The quantitative estimate of drug-likeness (QED) is 0.567. The highest BCUT2D eigenvalue weighted by molar-refractivity contribution is 9.10. The van der Waals surface area contributed by atoms with Crippen LogP contribution in [-0.4, -0.2) is 0 Å². The highest BCUT2D eigenvalue weighted by Gasteiger charge is 2.16. The Bertz CT molecular complexity index is 759. The zero-order chi connectivity index (χ0) is 12.8. The lowest BCUT2D eigenvalue weighted by Crippen LogP contribution is -1.84. The molecule has 1 aliphatic rings. The monoisotopic (exact) mass is 308 g/mol. The second kappa shape index (κ2) is 4.21. The minimum Gasteiger partial charge on any atom is -0.0613 e. The topological polar surface area (TPSA) is 0 Å². The molecule has 0 nitrogen and oxygen atoms in total. The summed E-state index contributed by atoms with van der Waals surface area (Å²) in [6.07, 6.45) is 2.38.